The molecule has 0 aliphatic carbocycles. The van der Waals surface area contributed by atoms with Gasteiger partial charge in [-0.15, -0.1) is 0 Å². The first-order chi connectivity index (χ1) is 12.9. The van der Waals surface area contributed by atoms with Gasteiger partial charge < -0.3 is 10.6 Å². The van der Waals surface area contributed by atoms with Crippen LogP contribution in [0.15, 0.2) is 48.8 Å². The van der Waals surface area contributed by atoms with Gasteiger partial charge in [0.15, 0.2) is 0 Å². The van der Waals surface area contributed by atoms with Crippen LogP contribution in [0.3, 0.4) is 0 Å². The van der Waals surface area contributed by atoms with Crippen LogP contribution in [-0.4, -0.2) is 14.9 Å². The summed E-state index contributed by atoms with van der Waals surface area (Å²) in [5.41, 5.74) is 0.650. The number of aromatic nitrogens is 2. The van der Waals surface area contributed by atoms with Crippen LogP contribution in [0.4, 0.5) is 31.8 Å². The van der Waals surface area contributed by atoms with Crippen molar-refractivity contribution in [2.24, 2.45) is 0 Å². The van der Waals surface area contributed by atoms with Crippen LogP contribution in [0.2, 0.25) is 5.02 Å². The molecule has 0 aliphatic rings. The number of hydrogen-bond acceptors (Lipinski definition) is 6. The first-order valence-electron chi connectivity index (χ1n) is 7.64. The average molecular weight is 392 g/mol. The van der Waals surface area contributed by atoms with E-state index in [2.05, 4.69) is 20.6 Å². The van der Waals surface area contributed by atoms with E-state index >= 15 is 0 Å². The van der Waals surface area contributed by atoms with Gasteiger partial charge in [-0.05, 0) is 35.9 Å². The molecule has 2 N–H and O–H groups in total. The van der Waals surface area contributed by atoms with E-state index in [-0.39, 0.29) is 34.7 Å². The third kappa shape index (κ3) is 4.45. The third-order valence-corrected chi connectivity index (χ3v) is 3.85. The molecule has 3 aromatic rings. The highest BCUT2D eigenvalue weighted by Gasteiger charge is 2.23. The maximum atomic E-state index is 13.3. The normalized spacial score (nSPS) is 10.5. The number of hydrogen-bond donors (Lipinski definition) is 2. The Hall–Kier alpha value is -3.33. The first-order valence-corrected chi connectivity index (χ1v) is 8.01. The summed E-state index contributed by atoms with van der Waals surface area (Å²) in [5, 5.41) is 17.0. The molecule has 1 aromatic heterocycles. The molecule has 0 aliphatic heterocycles. The Balaban J connectivity index is 1.86. The van der Waals surface area contributed by atoms with Crippen LogP contribution >= 0.6 is 11.6 Å². The van der Waals surface area contributed by atoms with E-state index in [0.717, 1.165) is 12.4 Å². The van der Waals surface area contributed by atoms with Crippen LogP contribution in [-0.2, 0) is 6.54 Å². The van der Waals surface area contributed by atoms with Crippen molar-refractivity contribution in [1.29, 1.82) is 0 Å². The number of nitrogens with zero attached hydrogens (tertiary/aromatic N) is 3. The molecule has 3 rings (SSSR count). The molecule has 0 saturated heterocycles. The molecule has 7 nitrogen and oxygen atoms in total. The summed E-state index contributed by atoms with van der Waals surface area (Å²) in [6.07, 6.45) is 1.15. The molecule has 0 fully saturated rings. The Morgan fingerprint density at radius 1 is 1.07 bits per heavy atom. The summed E-state index contributed by atoms with van der Waals surface area (Å²) in [4.78, 5) is 18.7. The largest absolute Gasteiger partial charge is 0.360 e. The Kier molecular flexibility index (Phi) is 5.41. The fourth-order valence-electron chi connectivity index (χ4n) is 2.27. The van der Waals surface area contributed by atoms with E-state index in [1.165, 1.54) is 24.3 Å². The monoisotopic (exact) mass is 391 g/mol. The Bertz CT molecular complexity index is 986. The Morgan fingerprint density at radius 3 is 2.44 bits per heavy atom. The minimum absolute atomic E-state index is 0.0185. The Morgan fingerprint density at radius 2 is 1.78 bits per heavy atom. The van der Waals surface area contributed by atoms with Crippen LogP contribution in [0.1, 0.15) is 5.56 Å². The van der Waals surface area contributed by atoms with Gasteiger partial charge in [-0.2, -0.15) is 0 Å². The number of anilines is 3. The number of rotatable bonds is 6. The molecule has 10 heteroatoms. The van der Waals surface area contributed by atoms with Gasteiger partial charge in [-0.1, -0.05) is 23.7 Å². The zero-order valence-corrected chi connectivity index (χ0v) is 14.4. The quantitative estimate of drug-likeness (QED) is 0.468. The molecular weight excluding hydrogens is 380 g/mol. The smallest absolute Gasteiger partial charge is 0.353 e. The second-order valence-electron chi connectivity index (χ2n) is 5.41. The van der Waals surface area contributed by atoms with E-state index in [1.54, 1.807) is 12.1 Å². The molecule has 27 heavy (non-hydrogen) atoms. The van der Waals surface area contributed by atoms with E-state index < -0.39 is 10.7 Å². The van der Waals surface area contributed by atoms with Crippen LogP contribution < -0.4 is 10.6 Å². The zero-order chi connectivity index (χ0) is 19.4. The van der Waals surface area contributed by atoms with E-state index in [9.17, 15) is 18.9 Å². The topological polar surface area (TPSA) is 93.0 Å². The van der Waals surface area contributed by atoms with Gasteiger partial charge in [0.25, 0.3) is 0 Å². The summed E-state index contributed by atoms with van der Waals surface area (Å²) in [7, 11) is 0. The number of halogens is 3. The molecule has 138 valence electrons. The van der Waals surface area contributed by atoms with E-state index in [1.807, 2.05) is 0 Å². The van der Waals surface area contributed by atoms with Crippen molar-refractivity contribution in [3.63, 3.8) is 0 Å². The van der Waals surface area contributed by atoms with Crippen molar-refractivity contribution < 1.29 is 13.7 Å². The van der Waals surface area contributed by atoms with Crippen molar-refractivity contribution in [2.45, 2.75) is 6.54 Å². The lowest BCUT2D eigenvalue weighted by atomic mass is 10.2. The lowest BCUT2D eigenvalue weighted by Gasteiger charge is -2.10. The van der Waals surface area contributed by atoms with E-state index in [4.69, 9.17) is 11.6 Å². The van der Waals surface area contributed by atoms with Gasteiger partial charge in [0.05, 0.1) is 9.95 Å². The van der Waals surface area contributed by atoms with Crippen molar-refractivity contribution in [3.05, 3.63) is 81.1 Å². The summed E-state index contributed by atoms with van der Waals surface area (Å²) in [6.45, 7) is 0.194. The number of benzene rings is 2. The van der Waals surface area contributed by atoms with Crippen molar-refractivity contribution in [3.8, 4) is 0 Å². The number of nitrogens with one attached hydrogen (secondary N) is 2. The highest BCUT2D eigenvalue weighted by molar-refractivity contribution is 6.31. The van der Waals surface area contributed by atoms with E-state index in [0.29, 0.717) is 11.3 Å². The van der Waals surface area contributed by atoms with Crippen molar-refractivity contribution in [2.75, 3.05) is 10.6 Å². The maximum absolute atomic E-state index is 13.3. The Labute approximate surface area is 157 Å². The maximum Gasteiger partial charge on any atom is 0.353 e. The van der Waals surface area contributed by atoms with Crippen LogP contribution in [0.25, 0.3) is 0 Å². The van der Waals surface area contributed by atoms with Gasteiger partial charge in [-0.3, -0.25) is 10.1 Å². The van der Waals surface area contributed by atoms with Gasteiger partial charge in [0.1, 0.15) is 18.0 Å². The van der Waals surface area contributed by atoms with Gasteiger partial charge in [0.2, 0.25) is 11.6 Å². The van der Waals surface area contributed by atoms with Gasteiger partial charge >= 0.3 is 5.69 Å². The minimum Gasteiger partial charge on any atom is -0.360 e. The molecule has 2 aromatic carbocycles. The van der Waals surface area contributed by atoms with Crippen LogP contribution in [0, 0.1) is 21.7 Å². The second-order valence-corrected chi connectivity index (χ2v) is 5.82. The minimum atomic E-state index is -0.638. The molecule has 0 unspecified atom stereocenters. The first kappa shape index (κ1) is 18.5. The molecule has 0 bridgehead atoms. The second kappa shape index (κ2) is 7.92. The fourth-order valence-corrected chi connectivity index (χ4v) is 2.45. The zero-order valence-electron chi connectivity index (χ0n) is 13.6. The van der Waals surface area contributed by atoms with Gasteiger partial charge in [0, 0.05) is 12.2 Å². The molecule has 0 spiro atoms. The van der Waals surface area contributed by atoms with Gasteiger partial charge in [-0.25, -0.2) is 18.7 Å². The summed E-state index contributed by atoms with van der Waals surface area (Å²) in [6, 6.07) is 9.47. The molecular formula is C17H12ClF2N5O2. The lowest BCUT2D eigenvalue weighted by Crippen LogP contribution is -2.08. The highest BCUT2D eigenvalue weighted by Crippen LogP contribution is 2.32. The summed E-state index contributed by atoms with van der Waals surface area (Å²) < 4.78 is 26.2. The highest BCUT2D eigenvalue weighted by atomic mass is 35.5. The van der Waals surface area contributed by atoms with Crippen LogP contribution in [0.5, 0.6) is 0 Å². The SMILES string of the molecule is O=[N+]([O-])c1c(NCc2ccc(F)cc2)ncnc1Nc1ccc(F)c(Cl)c1. The third-order valence-electron chi connectivity index (χ3n) is 3.56. The summed E-state index contributed by atoms with van der Waals surface area (Å²) >= 11 is 5.72. The molecule has 0 saturated carbocycles. The standard InChI is InChI=1S/C17H12ClF2N5O2/c18-13-7-12(5-6-14(13)20)24-17-15(25(26)27)16(22-9-23-17)21-8-10-1-3-11(19)4-2-10/h1-7,9H,8H2,(H2,21,22,23,24). The molecule has 1 heterocycles. The predicted octanol–water partition coefficient (Wildman–Crippen LogP) is 4.67. The predicted molar refractivity (Wildman–Crippen MR) is 97.1 cm³/mol. The molecule has 0 atom stereocenters. The van der Waals surface area contributed by atoms with Crippen molar-refractivity contribution in [1.82, 2.24) is 9.97 Å². The molecule has 0 amide bonds. The lowest BCUT2D eigenvalue weighted by molar-refractivity contribution is -0.383. The summed E-state index contributed by atoms with van der Waals surface area (Å²) in [5.74, 6) is -1.09. The average Bonchev–Trinajstić information content (AvgIpc) is 2.64. The number of nitro groups is 1. The fraction of sp³-hybridized carbons (Fsp3) is 0.0588. The molecule has 0 radical (unpaired) electrons. The van der Waals surface area contributed by atoms with Crippen molar-refractivity contribution >= 4 is 34.6 Å².